The maximum absolute atomic E-state index is 12.9. The van der Waals surface area contributed by atoms with Crippen LogP contribution in [0.1, 0.15) is 18.4 Å². The summed E-state index contributed by atoms with van der Waals surface area (Å²) < 4.78 is 32.4. The minimum atomic E-state index is -3.61. The minimum Gasteiger partial charge on any atom is -0.379 e. The summed E-state index contributed by atoms with van der Waals surface area (Å²) in [6.45, 7) is 2.56. The summed E-state index contributed by atoms with van der Waals surface area (Å²) in [7, 11) is -3.61. The lowest BCUT2D eigenvalue weighted by atomic mass is 10.0. The summed E-state index contributed by atoms with van der Waals surface area (Å²) in [6.07, 6.45) is 2.86. The molecule has 1 N–H and O–H groups in total. The van der Waals surface area contributed by atoms with Gasteiger partial charge in [-0.05, 0) is 55.6 Å². The van der Waals surface area contributed by atoms with Crippen LogP contribution >= 0.6 is 11.6 Å². The van der Waals surface area contributed by atoms with Gasteiger partial charge in [-0.3, -0.25) is 9.69 Å². The van der Waals surface area contributed by atoms with Crippen LogP contribution in [0.5, 0.6) is 0 Å². The standard InChI is InChI=1S/C23H28ClN3O4S/c24-22-9-2-1-5-18(22)15-20-7-4-10-26(20)17-23(28)25-19-6-3-8-21(16-19)32(29,30)27-11-13-31-14-12-27/h1-3,5-6,8-9,16,20H,4,7,10-15,17H2,(H,25,28). The zero-order valence-electron chi connectivity index (χ0n) is 17.9. The number of sulfonamides is 1. The summed E-state index contributed by atoms with van der Waals surface area (Å²) >= 11 is 6.31. The van der Waals surface area contributed by atoms with E-state index in [1.54, 1.807) is 18.2 Å². The number of halogens is 1. The van der Waals surface area contributed by atoms with E-state index in [4.69, 9.17) is 16.3 Å². The molecule has 0 spiro atoms. The molecule has 172 valence electrons. The van der Waals surface area contributed by atoms with E-state index in [1.807, 2.05) is 24.3 Å². The Balaban J connectivity index is 1.38. The zero-order chi connectivity index (χ0) is 22.6. The Morgan fingerprint density at radius 1 is 1.09 bits per heavy atom. The van der Waals surface area contributed by atoms with Gasteiger partial charge < -0.3 is 10.1 Å². The topological polar surface area (TPSA) is 79.0 Å². The van der Waals surface area contributed by atoms with Gasteiger partial charge in [-0.15, -0.1) is 0 Å². The van der Waals surface area contributed by atoms with Crippen LogP contribution in [0, 0.1) is 0 Å². The van der Waals surface area contributed by atoms with Crippen molar-refractivity contribution in [2.75, 3.05) is 44.7 Å². The molecule has 1 unspecified atom stereocenters. The molecule has 2 aromatic rings. The zero-order valence-corrected chi connectivity index (χ0v) is 19.4. The third kappa shape index (κ3) is 5.50. The van der Waals surface area contributed by atoms with E-state index in [0.29, 0.717) is 32.0 Å². The third-order valence-corrected chi connectivity index (χ3v) is 8.25. The number of carbonyl (C=O) groups excluding carboxylic acids is 1. The first-order valence-corrected chi connectivity index (χ1v) is 12.7. The van der Waals surface area contributed by atoms with Crippen LogP contribution in [0.4, 0.5) is 5.69 Å². The van der Waals surface area contributed by atoms with Crippen molar-refractivity contribution in [3.63, 3.8) is 0 Å². The van der Waals surface area contributed by atoms with Crippen LogP contribution in [0.25, 0.3) is 0 Å². The summed E-state index contributed by atoms with van der Waals surface area (Å²) in [5.74, 6) is -0.156. The predicted octanol–water partition coefficient (Wildman–Crippen LogP) is 3.01. The molecule has 0 aliphatic carbocycles. The van der Waals surface area contributed by atoms with Gasteiger partial charge >= 0.3 is 0 Å². The van der Waals surface area contributed by atoms with E-state index in [0.717, 1.165) is 36.4 Å². The lowest BCUT2D eigenvalue weighted by molar-refractivity contribution is -0.117. The number of hydrogen-bond donors (Lipinski definition) is 1. The first-order valence-electron chi connectivity index (χ1n) is 10.9. The highest BCUT2D eigenvalue weighted by Crippen LogP contribution is 2.25. The third-order valence-electron chi connectivity index (χ3n) is 5.98. The minimum absolute atomic E-state index is 0.156. The Morgan fingerprint density at radius 2 is 1.88 bits per heavy atom. The fraction of sp³-hybridized carbons (Fsp3) is 0.435. The van der Waals surface area contributed by atoms with E-state index < -0.39 is 10.0 Å². The van der Waals surface area contributed by atoms with Crippen molar-refractivity contribution in [2.45, 2.75) is 30.2 Å². The van der Waals surface area contributed by atoms with Gasteiger partial charge in [-0.1, -0.05) is 35.9 Å². The molecule has 9 heteroatoms. The normalized spacial score (nSPS) is 20.3. The number of morpholine rings is 1. The number of benzene rings is 2. The Labute approximate surface area is 194 Å². The van der Waals surface area contributed by atoms with Crippen LogP contribution in [-0.4, -0.2) is 69.0 Å². The summed E-state index contributed by atoms with van der Waals surface area (Å²) in [4.78, 5) is 15.1. The van der Waals surface area contributed by atoms with Crippen molar-refractivity contribution >= 4 is 33.2 Å². The maximum Gasteiger partial charge on any atom is 0.243 e. The number of hydrogen-bond acceptors (Lipinski definition) is 5. The monoisotopic (exact) mass is 477 g/mol. The fourth-order valence-electron chi connectivity index (χ4n) is 4.31. The Bertz CT molecular complexity index is 1060. The second-order valence-corrected chi connectivity index (χ2v) is 10.5. The van der Waals surface area contributed by atoms with Crippen molar-refractivity contribution in [1.82, 2.24) is 9.21 Å². The summed E-state index contributed by atoms with van der Waals surface area (Å²) in [6, 6.07) is 14.5. The number of anilines is 1. The van der Waals surface area contributed by atoms with Gasteiger partial charge in [-0.25, -0.2) is 8.42 Å². The molecule has 0 bridgehead atoms. The van der Waals surface area contributed by atoms with Gasteiger partial charge in [0.25, 0.3) is 0 Å². The molecule has 2 aliphatic heterocycles. The largest absolute Gasteiger partial charge is 0.379 e. The van der Waals surface area contributed by atoms with Crippen molar-refractivity contribution < 1.29 is 17.9 Å². The van der Waals surface area contributed by atoms with Crippen LogP contribution in [0.2, 0.25) is 5.02 Å². The van der Waals surface area contributed by atoms with Gasteiger partial charge in [0.1, 0.15) is 0 Å². The Morgan fingerprint density at radius 3 is 2.66 bits per heavy atom. The van der Waals surface area contributed by atoms with Gasteiger partial charge in [0.05, 0.1) is 24.7 Å². The van der Waals surface area contributed by atoms with E-state index >= 15 is 0 Å². The molecule has 0 radical (unpaired) electrons. The number of rotatable bonds is 7. The highest BCUT2D eigenvalue weighted by Gasteiger charge is 2.28. The number of likely N-dealkylation sites (tertiary alicyclic amines) is 1. The Hall–Kier alpha value is -1.97. The van der Waals surface area contributed by atoms with Crippen molar-refractivity contribution in [3.8, 4) is 0 Å². The average Bonchev–Trinajstić information content (AvgIpc) is 3.22. The predicted molar refractivity (Wildman–Crippen MR) is 124 cm³/mol. The molecule has 4 rings (SSSR count). The van der Waals surface area contributed by atoms with Crippen LogP contribution in [0.15, 0.2) is 53.4 Å². The van der Waals surface area contributed by atoms with Gasteiger partial charge in [0.15, 0.2) is 0 Å². The van der Waals surface area contributed by atoms with Gasteiger partial charge in [-0.2, -0.15) is 4.31 Å². The number of carbonyl (C=O) groups is 1. The number of nitrogens with one attached hydrogen (secondary N) is 1. The maximum atomic E-state index is 12.9. The molecule has 1 amide bonds. The molecule has 32 heavy (non-hydrogen) atoms. The summed E-state index contributed by atoms with van der Waals surface area (Å²) in [5.41, 5.74) is 1.57. The lowest BCUT2D eigenvalue weighted by Gasteiger charge is -2.26. The van der Waals surface area contributed by atoms with Crippen molar-refractivity contribution in [2.24, 2.45) is 0 Å². The molecular weight excluding hydrogens is 450 g/mol. The van der Waals surface area contributed by atoms with Crippen molar-refractivity contribution in [1.29, 1.82) is 0 Å². The first-order chi connectivity index (χ1) is 15.4. The fourth-order valence-corrected chi connectivity index (χ4v) is 5.97. The van der Waals surface area contributed by atoms with E-state index in [2.05, 4.69) is 10.2 Å². The highest BCUT2D eigenvalue weighted by atomic mass is 35.5. The molecule has 2 aromatic carbocycles. The molecular formula is C23H28ClN3O4S. The lowest BCUT2D eigenvalue weighted by Crippen LogP contribution is -2.40. The molecule has 0 saturated carbocycles. The molecule has 2 fully saturated rings. The van der Waals surface area contributed by atoms with Gasteiger partial charge in [0.2, 0.25) is 15.9 Å². The number of ether oxygens (including phenoxy) is 1. The van der Waals surface area contributed by atoms with Crippen LogP contribution in [-0.2, 0) is 26.0 Å². The summed E-state index contributed by atoms with van der Waals surface area (Å²) in [5, 5.41) is 3.62. The average molecular weight is 478 g/mol. The van der Waals surface area contributed by atoms with E-state index in [-0.39, 0.29) is 23.4 Å². The SMILES string of the molecule is O=C(CN1CCCC1Cc1ccccc1Cl)Nc1cccc(S(=O)(=O)N2CCOCC2)c1. The van der Waals surface area contributed by atoms with E-state index in [9.17, 15) is 13.2 Å². The molecule has 1 atom stereocenters. The first kappa shape index (κ1) is 23.2. The van der Waals surface area contributed by atoms with Crippen molar-refractivity contribution in [3.05, 3.63) is 59.1 Å². The second kappa shape index (κ2) is 10.3. The van der Waals surface area contributed by atoms with Gasteiger partial charge in [0, 0.05) is 29.8 Å². The molecule has 2 aliphatic rings. The molecule has 7 nitrogen and oxygen atoms in total. The smallest absolute Gasteiger partial charge is 0.243 e. The van der Waals surface area contributed by atoms with Crippen LogP contribution < -0.4 is 5.32 Å². The highest BCUT2D eigenvalue weighted by molar-refractivity contribution is 7.89. The quantitative estimate of drug-likeness (QED) is 0.663. The molecule has 2 heterocycles. The Kier molecular flexibility index (Phi) is 7.48. The molecule has 2 saturated heterocycles. The number of nitrogens with zero attached hydrogens (tertiary/aromatic N) is 2. The number of amides is 1. The van der Waals surface area contributed by atoms with Crippen LogP contribution in [0.3, 0.4) is 0 Å². The molecule has 0 aromatic heterocycles. The van der Waals surface area contributed by atoms with E-state index in [1.165, 1.54) is 10.4 Å². The second-order valence-electron chi connectivity index (χ2n) is 8.15.